The Morgan fingerprint density at radius 2 is 1.85 bits per heavy atom. The van der Waals surface area contributed by atoms with Crippen molar-refractivity contribution >= 4 is 26.8 Å². The third-order valence-corrected chi connectivity index (χ3v) is 7.54. The number of piperidine rings is 1. The van der Waals surface area contributed by atoms with E-state index in [1.165, 1.54) is 53.5 Å². The molecule has 2 aromatic heterocycles. The minimum absolute atomic E-state index is 0.514. The summed E-state index contributed by atoms with van der Waals surface area (Å²) in [7, 11) is 0. The summed E-state index contributed by atoms with van der Waals surface area (Å²) in [5.74, 6) is 0.514. The number of aromatic amines is 1. The van der Waals surface area contributed by atoms with Gasteiger partial charge in [0.1, 0.15) is 10.3 Å². The molecule has 1 atom stereocenters. The highest BCUT2D eigenvalue weighted by Gasteiger charge is 2.32. The number of fused-ring (bicyclic) bond motifs is 1. The van der Waals surface area contributed by atoms with Crippen LogP contribution in [0.25, 0.3) is 10.3 Å². The maximum absolute atomic E-state index is 5.02. The Labute approximate surface area is 167 Å². The van der Waals surface area contributed by atoms with E-state index in [1.807, 2.05) is 11.3 Å². The molecule has 2 aliphatic rings. The number of hydrogen-bond donors (Lipinski definition) is 1. The molecule has 0 bridgehead atoms. The number of H-pyrrole nitrogens is 1. The van der Waals surface area contributed by atoms with Crippen LogP contribution in [0.15, 0.2) is 6.20 Å². The first kappa shape index (κ1) is 19.2. The highest BCUT2D eigenvalue weighted by molar-refractivity contribution is 7.21. The number of likely N-dealkylation sites (tertiary alicyclic amines) is 1. The second kappa shape index (κ2) is 7.72. The first-order chi connectivity index (χ1) is 12.9. The number of aromatic nitrogens is 2. The van der Waals surface area contributed by atoms with E-state index < -0.39 is 0 Å². The van der Waals surface area contributed by atoms with Gasteiger partial charge in [-0.25, -0.2) is 4.98 Å². The molecular weight excluding hydrogens is 354 g/mol. The number of thiazole rings is 1. The van der Waals surface area contributed by atoms with Gasteiger partial charge in [-0.1, -0.05) is 25.2 Å². The SMILES string of the molecule is CC(C)c1c[nH]c2sc(N3CCN(C4CCN(C(C)C)CC4)CC3C)nc12. The van der Waals surface area contributed by atoms with Crippen molar-refractivity contribution in [1.82, 2.24) is 19.8 Å². The molecule has 1 N–H and O–H groups in total. The van der Waals surface area contributed by atoms with Crippen LogP contribution in [-0.4, -0.2) is 70.6 Å². The Morgan fingerprint density at radius 3 is 2.48 bits per heavy atom. The van der Waals surface area contributed by atoms with Crippen LogP contribution in [0.1, 0.15) is 58.9 Å². The molecule has 27 heavy (non-hydrogen) atoms. The van der Waals surface area contributed by atoms with Crippen molar-refractivity contribution in [3.8, 4) is 0 Å². The lowest BCUT2D eigenvalue weighted by Gasteiger charge is -2.46. The number of nitrogens with one attached hydrogen (secondary N) is 1. The molecule has 4 rings (SSSR count). The van der Waals surface area contributed by atoms with E-state index >= 15 is 0 Å². The van der Waals surface area contributed by atoms with E-state index in [2.05, 4.69) is 60.5 Å². The summed E-state index contributed by atoms with van der Waals surface area (Å²) in [4.78, 5) is 17.6. The van der Waals surface area contributed by atoms with Crippen molar-refractivity contribution in [1.29, 1.82) is 0 Å². The van der Waals surface area contributed by atoms with Crippen LogP contribution in [0.3, 0.4) is 0 Å². The Morgan fingerprint density at radius 1 is 1.11 bits per heavy atom. The van der Waals surface area contributed by atoms with E-state index in [-0.39, 0.29) is 0 Å². The Kier molecular flexibility index (Phi) is 5.50. The molecule has 0 spiro atoms. The van der Waals surface area contributed by atoms with Gasteiger partial charge in [0.2, 0.25) is 0 Å². The Balaban J connectivity index is 1.40. The van der Waals surface area contributed by atoms with Crippen molar-refractivity contribution in [2.24, 2.45) is 0 Å². The lowest BCUT2D eigenvalue weighted by Crippen LogP contribution is -2.57. The Bertz CT molecular complexity index is 756. The number of hydrogen-bond acceptors (Lipinski definition) is 5. The van der Waals surface area contributed by atoms with Gasteiger partial charge in [0.15, 0.2) is 5.13 Å². The largest absolute Gasteiger partial charge is 0.351 e. The van der Waals surface area contributed by atoms with E-state index in [0.717, 1.165) is 19.1 Å². The second-order valence-electron chi connectivity index (χ2n) is 8.97. The molecule has 2 aliphatic heterocycles. The van der Waals surface area contributed by atoms with Crippen molar-refractivity contribution in [3.63, 3.8) is 0 Å². The highest BCUT2D eigenvalue weighted by atomic mass is 32.1. The zero-order valence-electron chi connectivity index (χ0n) is 17.5. The Hall–Kier alpha value is -1.11. The van der Waals surface area contributed by atoms with E-state index in [9.17, 15) is 0 Å². The molecule has 150 valence electrons. The van der Waals surface area contributed by atoms with E-state index in [4.69, 9.17) is 4.98 Å². The number of anilines is 1. The van der Waals surface area contributed by atoms with Crippen LogP contribution < -0.4 is 4.90 Å². The maximum Gasteiger partial charge on any atom is 0.188 e. The summed E-state index contributed by atoms with van der Waals surface area (Å²) >= 11 is 1.82. The normalized spacial score (nSPS) is 24.0. The first-order valence-corrected chi connectivity index (χ1v) is 11.5. The average molecular weight is 390 g/mol. The lowest BCUT2D eigenvalue weighted by atomic mass is 10.00. The fraction of sp³-hybridized carbons (Fsp3) is 0.762. The van der Waals surface area contributed by atoms with Gasteiger partial charge in [0, 0.05) is 44.0 Å². The van der Waals surface area contributed by atoms with Gasteiger partial charge in [-0.05, 0) is 58.2 Å². The second-order valence-corrected chi connectivity index (χ2v) is 9.95. The molecule has 2 saturated heterocycles. The van der Waals surface area contributed by atoms with Crippen molar-refractivity contribution in [2.45, 2.75) is 71.5 Å². The van der Waals surface area contributed by atoms with Gasteiger partial charge in [-0.3, -0.25) is 4.90 Å². The summed E-state index contributed by atoms with van der Waals surface area (Å²) in [6.45, 7) is 17.4. The first-order valence-electron chi connectivity index (χ1n) is 10.7. The van der Waals surface area contributed by atoms with Crippen LogP contribution in [0, 0.1) is 0 Å². The standard InChI is InChI=1S/C21H35N5S/c1-14(2)18-12-22-20-19(18)23-21(27-20)26-11-10-25(13-16(26)5)17-6-8-24(9-7-17)15(3)4/h12,14-17,22H,6-11,13H2,1-5H3. The fourth-order valence-corrected chi connectivity index (χ4v) is 5.83. The molecule has 0 aromatic carbocycles. The number of nitrogens with zero attached hydrogens (tertiary/aromatic N) is 4. The highest BCUT2D eigenvalue weighted by Crippen LogP contribution is 2.35. The zero-order valence-corrected chi connectivity index (χ0v) is 18.4. The topological polar surface area (TPSA) is 38.4 Å². The molecule has 0 saturated carbocycles. The van der Waals surface area contributed by atoms with Crippen molar-refractivity contribution in [3.05, 3.63) is 11.8 Å². The molecule has 0 aliphatic carbocycles. The molecule has 0 amide bonds. The molecule has 6 heteroatoms. The molecule has 5 nitrogen and oxygen atoms in total. The van der Waals surface area contributed by atoms with Gasteiger partial charge < -0.3 is 14.8 Å². The van der Waals surface area contributed by atoms with Gasteiger partial charge in [-0.2, -0.15) is 0 Å². The smallest absolute Gasteiger partial charge is 0.188 e. The van der Waals surface area contributed by atoms with Crippen molar-refractivity contribution in [2.75, 3.05) is 37.6 Å². The maximum atomic E-state index is 5.02. The molecule has 1 unspecified atom stereocenters. The third-order valence-electron chi connectivity index (χ3n) is 6.52. The molecular formula is C21H35N5S. The minimum Gasteiger partial charge on any atom is -0.351 e. The van der Waals surface area contributed by atoms with Gasteiger partial charge in [0.25, 0.3) is 0 Å². The van der Waals surface area contributed by atoms with Gasteiger partial charge in [0.05, 0.1) is 0 Å². The zero-order chi connectivity index (χ0) is 19.1. The summed E-state index contributed by atoms with van der Waals surface area (Å²) in [5, 5.41) is 1.19. The number of piperazine rings is 1. The summed E-state index contributed by atoms with van der Waals surface area (Å²) in [6.07, 6.45) is 4.78. The monoisotopic (exact) mass is 389 g/mol. The van der Waals surface area contributed by atoms with Crippen LogP contribution in [0.5, 0.6) is 0 Å². The third kappa shape index (κ3) is 3.76. The molecule has 4 heterocycles. The lowest BCUT2D eigenvalue weighted by molar-refractivity contribution is 0.0805. The number of rotatable bonds is 4. The molecule has 2 fully saturated rings. The molecule has 0 radical (unpaired) electrons. The van der Waals surface area contributed by atoms with Gasteiger partial charge in [-0.15, -0.1) is 0 Å². The summed E-state index contributed by atoms with van der Waals surface area (Å²) < 4.78 is 0. The summed E-state index contributed by atoms with van der Waals surface area (Å²) in [6, 6.07) is 1.98. The quantitative estimate of drug-likeness (QED) is 0.853. The van der Waals surface area contributed by atoms with Gasteiger partial charge >= 0.3 is 0 Å². The minimum atomic E-state index is 0.514. The van der Waals surface area contributed by atoms with Crippen LogP contribution in [0.4, 0.5) is 5.13 Å². The van der Waals surface area contributed by atoms with Crippen LogP contribution in [-0.2, 0) is 0 Å². The van der Waals surface area contributed by atoms with E-state index in [0.29, 0.717) is 18.0 Å². The fourth-order valence-electron chi connectivity index (χ4n) is 4.75. The van der Waals surface area contributed by atoms with Crippen LogP contribution in [0.2, 0.25) is 0 Å². The predicted molar refractivity (Wildman–Crippen MR) is 116 cm³/mol. The van der Waals surface area contributed by atoms with Crippen molar-refractivity contribution < 1.29 is 0 Å². The summed E-state index contributed by atoms with van der Waals surface area (Å²) in [5.41, 5.74) is 2.52. The van der Waals surface area contributed by atoms with E-state index in [1.54, 1.807) is 0 Å². The van der Waals surface area contributed by atoms with Crippen LogP contribution >= 0.6 is 11.3 Å². The molecule has 2 aromatic rings. The predicted octanol–water partition coefficient (Wildman–Crippen LogP) is 4.13. The average Bonchev–Trinajstić information content (AvgIpc) is 3.22.